The van der Waals surface area contributed by atoms with Crippen molar-refractivity contribution < 1.29 is 0 Å². The molecule has 0 aromatic rings. The topological polar surface area (TPSA) is 12.0 Å². The molecule has 0 amide bonds. The minimum atomic E-state index is 0.539. The summed E-state index contributed by atoms with van der Waals surface area (Å²) in [6.07, 6.45) is 2.76. The molecule has 0 aliphatic carbocycles. The molecule has 1 nitrogen and oxygen atoms in total. The number of hydrogen-bond donors (Lipinski definition) is 1. The molecule has 1 aliphatic heterocycles. The molecule has 0 aromatic heterocycles. The summed E-state index contributed by atoms with van der Waals surface area (Å²) in [5, 5.41) is 3.22. The van der Waals surface area contributed by atoms with Gasteiger partial charge in [0.05, 0.1) is 0 Å². The van der Waals surface area contributed by atoms with Gasteiger partial charge in [-0.3, -0.25) is 0 Å². The standard InChI is InChI=1S/C9H19NS/c1-9(2)8(4-6-10-3)5-7-11-9/h8,10H,4-7H2,1-3H3. The van der Waals surface area contributed by atoms with Crippen LogP contribution in [0.2, 0.25) is 0 Å². The average Bonchev–Trinajstić information content (AvgIpc) is 2.25. The van der Waals surface area contributed by atoms with Crippen molar-refractivity contribution in [3.8, 4) is 0 Å². The molecule has 0 aromatic carbocycles. The summed E-state index contributed by atoms with van der Waals surface area (Å²) in [7, 11) is 2.04. The van der Waals surface area contributed by atoms with Crippen LogP contribution >= 0.6 is 11.8 Å². The first-order chi connectivity index (χ1) is 5.17. The van der Waals surface area contributed by atoms with Crippen molar-refractivity contribution in [1.29, 1.82) is 0 Å². The van der Waals surface area contributed by atoms with Crippen LogP contribution in [-0.2, 0) is 0 Å². The van der Waals surface area contributed by atoms with Crippen molar-refractivity contribution in [2.45, 2.75) is 31.4 Å². The maximum absolute atomic E-state index is 3.22. The molecule has 1 aliphatic rings. The van der Waals surface area contributed by atoms with Crippen LogP contribution in [0, 0.1) is 5.92 Å². The van der Waals surface area contributed by atoms with Crippen LogP contribution in [0.5, 0.6) is 0 Å². The van der Waals surface area contributed by atoms with E-state index in [1.807, 2.05) is 7.05 Å². The molecule has 2 heteroatoms. The molecule has 0 radical (unpaired) electrons. The van der Waals surface area contributed by atoms with Gasteiger partial charge in [0.2, 0.25) is 0 Å². The lowest BCUT2D eigenvalue weighted by atomic mass is 9.90. The maximum Gasteiger partial charge on any atom is 0.0132 e. The van der Waals surface area contributed by atoms with Crippen molar-refractivity contribution in [3.05, 3.63) is 0 Å². The van der Waals surface area contributed by atoms with Gasteiger partial charge in [0.15, 0.2) is 0 Å². The molecule has 1 rings (SSSR count). The highest BCUT2D eigenvalue weighted by atomic mass is 32.2. The smallest absolute Gasteiger partial charge is 0.0132 e. The summed E-state index contributed by atoms with van der Waals surface area (Å²) in [6.45, 7) is 5.94. The van der Waals surface area contributed by atoms with E-state index >= 15 is 0 Å². The van der Waals surface area contributed by atoms with Crippen LogP contribution in [0.1, 0.15) is 26.7 Å². The van der Waals surface area contributed by atoms with Crippen LogP contribution < -0.4 is 5.32 Å². The highest BCUT2D eigenvalue weighted by Crippen LogP contribution is 2.43. The average molecular weight is 173 g/mol. The molecule has 0 spiro atoms. The van der Waals surface area contributed by atoms with Gasteiger partial charge in [0.25, 0.3) is 0 Å². The summed E-state index contributed by atoms with van der Waals surface area (Å²) in [5.41, 5.74) is 0. The predicted octanol–water partition coefficient (Wildman–Crippen LogP) is 2.13. The van der Waals surface area contributed by atoms with Gasteiger partial charge in [-0.15, -0.1) is 0 Å². The molecule has 66 valence electrons. The summed E-state index contributed by atoms with van der Waals surface area (Å²) >= 11 is 2.13. The van der Waals surface area contributed by atoms with Gasteiger partial charge in [-0.05, 0) is 38.1 Å². The predicted molar refractivity (Wildman–Crippen MR) is 53.2 cm³/mol. The fraction of sp³-hybridized carbons (Fsp3) is 1.00. The van der Waals surface area contributed by atoms with Crippen LogP contribution in [0.15, 0.2) is 0 Å². The Labute approximate surface area is 74.3 Å². The van der Waals surface area contributed by atoms with Gasteiger partial charge in [0, 0.05) is 4.75 Å². The first-order valence-corrected chi connectivity index (χ1v) is 5.44. The Morgan fingerprint density at radius 2 is 2.27 bits per heavy atom. The molecule has 1 heterocycles. The minimum absolute atomic E-state index is 0.539. The molecule has 1 unspecified atom stereocenters. The van der Waals surface area contributed by atoms with E-state index in [4.69, 9.17) is 0 Å². The number of thioether (sulfide) groups is 1. The Morgan fingerprint density at radius 1 is 1.55 bits per heavy atom. The van der Waals surface area contributed by atoms with Gasteiger partial charge in [-0.25, -0.2) is 0 Å². The quantitative estimate of drug-likeness (QED) is 0.701. The molecule has 0 saturated carbocycles. The van der Waals surface area contributed by atoms with E-state index in [1.165, 1.54) is 25.1 Å². The van der Waals surface area contributed by atoms with Gasteiger partial charge in [-0.2, -0.15) is 11.8 Å². The molecular weight excluding hydrogens is 154 g/mol. The van der Waals surface area contributed by atoms with E-state index < -0.39 is 0 Å². The zero-order valence-corrected chi connectivity index (χ0v) is 8.63. The first kappa shape index (κ1) is 9.40. The maximum atomic E-state index is 3.22. The highest BCUT2D eigenvalue weighted by Gasteiger charge is 2.34. The van der Waals surface area contributed by atoms with Crippen molar-refractivity contribution in [3.63, 3.8) is 0 Å². The fourth-order valence-corrected chi connectivity index (χ4v) is 3.14. The lowest BCUT2D eigenvalue weighted by Gasteiger charge is -2.25. The van der Waals surface area contributed by atoms with Crippen LogP contribution in [-0.4, -0.2) is 24.1 Å². The van der Waals surface area contributed by atoms with Crippen molar-refractivity contribution in [2.75, 3.05) is 19.3 Å². The fourth-order valence-electron chi connectivity index (χ4n) is 1.74. The Morgan fingerprint density at radius 3 is 2.73 bits per heavy atom. The van der Waals surface area contributed by atoms with E-state index in [0.717, 1.165) is 5.92 Å². The van der Waals surface area contributed by atoms with Gasteiger partial charge < -0.3 is 5.32 Å². The summed E-state index contributed by atoms with van der Waals surface area (Å²) in [6, 6.07) is 0. The lowest BCUT2D eigenvalue weighted by molar-refractivity contribution is 0.401. The second-order valence-electron chi connectivity index (χ2n) is 3.83. The Hall–Kier alpha value is 0.310. The van der Waals surface area contributed by atoms with Gasteiger partial charge >= 0.3 is 0 Å². The van der Waals surface area contributed by atoms with Crippen molar-refractivity contribution in [1.82, 2.24) is 5.32 Å². The third-order valence-corrected chi connectivity index (χ3v) is 4.18. The zero-order chi connectivity index (χ0) is 8.32. The second-order valence-corrected chi connectivity index (χ2v) is 5.58. The van der Waals surface area contributed by atoms with Crippen molar-refractivity contribution in [2.24, 2.45) is 5.92 Å². The van der Waals surface area contributed by atoms with Crippen LogP contribution in [0.3, 0.4) is 0 Å². The van der Waals surface area contributed by atoms with Crippen LogP contribution in [0.25, 0.3) is 0 Å². The number of rotatable bonds is 3. The molecule has 11 heavy (non-hydrogen) atoms. The lowest BCUT2D eigenvalue weighted by Crippen LogP contribution is -2.25. The summed E-state index contributed by atoms with van der Waals surface area (Å²) < 4.78 is 0.539. The molecular formula is C9H19NS. The Kier molecular flexibility index (Phi) is 3.26. The molecule has 1 N–H and O–H groups in total. The SMILES string of the molecule is CNCCC1CCSC1(C)C. The van der Waals surface area contributed by atoms with E-state index in [-0.39, 0.29) is 0 Å². The molecule has 1 fully saturated rings. The van der Waals surface area contributed by atoms with E-state index in [2.05, 4.69) is 30.9 Å². The first-order valence-electron chi connectivity index (χ1n) is 4.45. The zero-order valence-electron chi connectivity index (χ0n) is 7.81. The second kappa shape index (κ2) is 3.81. The summed E-state index contributed by atoms with van der Waals surface area (Å²) in [4.78, 5) is 0. The number of hydrogen-bond acceptors (Lipinski definition) is 2. The third kappa shape index (κ3) is 2.38. The van der Waals surface area contributed by atoms with Gasteiger partial charge in [0.1, 0.15) is 0 Å². The van der Waals surface area contributed by atoms with Gasteiger partial charge in [-0.1, -0.05) is 13.8 Å². The molecule has 1 saturated heterocycles. The normalized spacial score (nSPS) is 29.2. The van der Waals surface area contributed by atoms with Crippen molar-refractivity contribution >= 4 is 11.8 Å². The third-order valence-electron chi connectivity index (χ3n) is 2.67. The van der Waals surface area contributed by atoms with E-state index in [9.17, 15) is 0 Å². The van der Waals surface area contributed by atoms with E-state index in [1.54, 1.807) is 0 Å². The monoisotopic (exact) mass is 173 g/mol. The molecule has 0 bridgehead atoms. The highest BCUT2D eigenvalue weighted by molar-refractivity contribution is 8.00. The largest absolute Gasteiger partial charge is 0.320 e. The number of nitrogens with one attached hydrogen (secondary N) is 1. The van der Waals surface area contributed by atoms with E-state index in [0.29, 0.717) is 4.75 Å². The minimum Gasteiger partial charge on any atom is -0.320 e. The molecule has 1 atom stereocenters. The Bertz CT molecular complexity index is 123. The summed E-state index contributed by atoms with van der Waals surface area (Å²) in [5.74, 6) is 2.29. The Balaban J connectivity index is 2.32. The van der Waals surface area contributed by atoms with Crippen LogP contribution in [0.4, 0.5) is 0 Å².